The summed E-state index contributed by atoms with van der Waals surface area (Å²) >= 11 is 0. The molecular formula is C13H18N4O. The molecule has 0 radical (unpaired) electrons. The molecule has 0 aromatic heterocycles. The lowest BCUT2D eigenvalue weighted by molar-refractivity contribution is -0.122. The molecule has 1 atom stereocenters. The van der Waals surface area contributed by atoms with Gasteiger partial charge in [-0.3, -0.25) is 4.79 Å². The van der Waals surface area contributed by atoms with Crippen LogP contribution < -0.4 is 11.5 Å². The van der Waals surface area contributed by atoms with Gasteiger partial charge in [-0.15, -0.1) is 0 Å². The smallest absolute Gasteiger partial charge is 0.222 e. The van der Waals surface area contributed by atoms with Crippen LogP contribution in [0.3, 0.4) is 0 Å². The first-order valence-electron chi connectivity index (χ1n) is 6.10. The van der Waals surface area contributed by atoms with Gasteiger partial charge in [0.15, 0.2) is 5.96 Å². The van der Waals surface area contributed by atoms with Gasteiger partial charge in [0.05, 0.1) is 11.6 Å². The SMILES string of the molecule is NC(=O)C1CCCN(C(N)=Nc2ccccc2)C1. The molecule has 1 aliphatic rings. The van der Waals surface area contributed by atoms with E-state index in [4.69, 9.17) is 11.5 Å². The van der Waals surface area contributed by atoms with E-state index in [1.165, 1.54) is 0 Å². The molecule has 4 N–H and O–H groups in total. The van der Waals surface area contributed by atoms with E-state index in [-0.39, 0.29) is 11.8 Å². The Morgan fingerprint density at radius 1 is 1.28 bits per heavy atom. The lowest BCUT2D eigenvalue weighted by Crippen LogP contribution is -2.47. The maximum Gasteiger partial charge on any atom is 0.222 e. The Balaban J connectivity index is 2.07. The highest BCUT2D eigenvalue weighted by molar-refractivity contribution is 5.83. The summed E-state index contributed by atoms with van der Waals surface area (Å²) in [6, 6.07) is 9.53. The van der Waals surface area contributed by atoms with E-state index in [1.807, 2.05) is 35.2 Å². The summed E-state index contributed by atoms with van der Waals surface area (Å²) in [5.74, 6) is 0.0719. The number of carbonyl (C=O) groups is 1. The minimum absolute atomic E-state index is 0.122. The molecule has 1 fully saturated rings. The maximum atomic E-state index is 11.2. The summed E-state index contributed by atoms with van der Waals surface area (Å²) in [6.07, 6.45) is 1.75. The van der Waals surface area contributed by atoms with Gasteiger partial charge in [-0.1, -0.05) is 18.2 Å². The van der Waals surface area contributed by atoms with Crippen LogP contribution in [0.25, 0.3) is 0 Å². The number of primary amides is 1. The van der Waals surface area contributed by atoms with Crippen molar-refractivity contribution in [3.63, 3.8) is 0 Å². The molecule has 0 bridgehead atoms. The van der Waals surface area contributed by atoms with Crippen LogP contribution in [0.1, 0.15) is 12.8 Å². The first kappa shape index (κ1) is 12.4. The Morgan fingerprint density at radius 2 is 2.00 bits per heavy atom. The van der Waals surface area contributed by atoms with E-state index in [9.17, 15) is 4.79 Å². The number of nitrogens with zero attached hydrogens (tertiary/aromatic N) is 2. The van der Waals surface area contributed by atoms with Crippen LogP contribution in [0.2, 0.25) is 0 Å². The van der Waals surface area contributed by atoms with E-state index in [2.05, 4.69) is 4.99 Å². The zero-order valence-electron chi connectivity index (χ0n) is 10.2. The molecule has 0 spiro atoms. The number of likely N-dealkylation sites (tertiary alicyclic amines) is 1. The summed E-state index contributed by atoms with van der Waals surface area (Å²) in [4.78, 5) is 17.5. The molecule has 0 saturated carbocycles. The molecule has 18 heavy (non-hydrogen) atoms. The normalized spacial score (nSPS) is 20.8. The van der Waals surface area contributed by atoms with Crippen LogP contribution in [0, 0.1) is 5.92 Å². The first-order valence-corrected chi connectivity index (χ1v) is 6.10. The molecule has 1 aromatic rings. The Bertz CT molecular complexity index is 444. The molecule has 1 aliphatic heterocycles. The highest BCUT2D eigenvalue weighted by atomic mass is 16.1. The van der Waals surface area contributed by atoms with Gasteiger partial charge in [0.2, 0.25) is 5.91 Å². The van der Waals surface area contributed by atoms with Crippen molar-refractivity contribution in [3.8, 4) is 0 Å². The van der Waals surface area contributed by atoms with Crippen LogP contribution in [-0.4, -0.2) is 29.9 Å². The van der Waals surface area contributed by atoms with E-state index < -0.39 is 0 Å². The van der Waals surface area contributed by atoms with Crippen molar-refractivity contribution in [2.45, 2.75) is 12.8 Å². The van der Waals surface area contributed by atoms with E-state index in [0.29, 0.717) is 12.5 Å². The zero-order chi connectivity index (χ0) is 13.0. The van der Waals surface area contributed by atoms with Gasteiger partial charge in [0.1, 0.15) is 0 Å². The number of amides is 1. The summed E-state index contributed by atoms with van der Waals surface area (Å²) in [5, 5.41) is 0. The van der Waals surface area contributed by atoms with Crippen molar-refractivity contribution >= 4 is 17.6 Å². The van der Waals surface area contributed by atoms with Crippen LogP contribution in [0.4, 0.5) is 5.69 Å². The van der Waals surface area contributed by atoms with Gasteiger partial charge >= 0.3 is 0 Å². The number of rotatable bonds is 2. The lowest BCUT2D eigenvalue weighted by atomic mass is 9.98. The fourth-order valence-electron chi connectivity index (χ4n) is 2.12. The number of para-hydroxylation sites is 1. The highest BCUT2D eigenvalue weighted by Crippen LogP contribution is 2.17. The number of carbonyl (C=O) groups excluding carboxylic acids is 1. The van der Waals surface area contributed by atoms with Crippen molar-refractivity contribution < 1.29 is 4.79 Å². The molecule has 1 heterocycles. The second-order valence-electron chi connectivity index (χ2n) is 4.49. The van der Waals surface area contributed by atoms with Crippen molar-refractivity contribution in [3.05, 3.63) is 30.3 Å². The van der Waals surface area contributed by atoms with Crippen molar-refractivity contribution in [1.82, 2.24) is 4.90 Å². The topological polar surface area (TPSA) is 84.7 Å². The number of benzene rings is 1. The second-order valence-corrected chi connectivity index (χ2v) is 4.49. The largest absolute Gasteiger partial charge is 0.369 e. The molecule has 1 amide bonds. The third-order valence-electron chi connectivity index (χ3n) is 3.15. The molecule has 0 aliphatic carbocycles. The fraction of sp³-hybridized carbons (Fsp3) is 0.385. The molecule has 1 aromatic carbocycles. The monoisotopic (exact) mass is 246 g/mol. The second kappa shape index (κ2) is 5.53. The number of hydrogen-bond acceptors (Lipinski definition) is 2. The standard InChI is InChI=1S/C13H18N4O/c14-12(18)10-5-4-8-17(9-10)13(15)16-11-6-2-1-3-7-11/h1-3,6-7,10H,4-5,8-9H2,(H2,14,18)(H2,15,16). The quantitative estimate of drug-likeness (QED) is 0.598. The first-order chi connectivity index (χ1) is 8.66. The Hall–Kier alpha value is -2.04. The van der Waals surface area contributed by atoms with Crippen molar-refractivity contribution in [2.24, 2.45) is 22.4 Å². The Morgan fingerprint density at radius 3 is 2.67 bits per heavy atom. The molecule has 1 unspecified atom stereocenters. The highest BCUT2D eigenvalue weighted by Gasteiger charge is 2.24. The van der Waals surface area contributed by atoms with Gasteiger partial charge in [0.25, 0.3) is 0 Å². The summed E-state index contributed by atoms with van der Waals surface area (Å²) < 4.78 is 0. The minimum Gasteiger partial charge on any atom is -0.369 e. The number of guanidine groups is 1. The average Bonchev–Trinajstić information content (AvgIpc) is 2.40. The number of hydrogen-bond donors (Lipinski definition) is 2. The number of aliphatic imine (C=N–C) groups is 1. The number of nitrogens with two attached hydrogens (primary N) is 2. The van der Waals surface area contributed by atoms with Gasteiger partial charge in [-0.25, -0.2) is 4.99 Å². The molecule has 5 nitrogen and oxygen atoms in total. The Kier molecular flexibility index (Phi) is 3.82. The summed E-state index contributed by atoms with van der Waals surface area (Å²) in [7, 11) is 0. The van der Waals surface area contributed by atoms with Crippen LogP contribution >= 0.6 is 0 Å². The van der Waals surface area contributed by atoms with Crippen molar-refractivity contribution in [2.75, 3.05) is 13.1 Å². The lowest BCUT2D eigenvalue weighted by Gasteiger charge is -2.31. The van der Waals surface area contributed by atoms with E-state index >= 15 is 0 Å². The van der Waals surface area contributed by atoms with Crippen LogP contribution in [0.5, 0.6) is 0 Å². The van der Waals surface area contributed by atoms with Crippen LogP contribution in [0.15, 0.2) is 35.3 Å². The molecule has 1 saturated heterocycles. The molecule has 96 valence electrons. The summed E-state index contributed by atoms with van der Waals surface area (Å²) in [6.45, 7) is 1.39. The molecule has 2 rings (SSSR count). The van der Waals surface area contributed by atoms with E-state index in [0.717, 1.165) is 25.1 Å². The zero-order valence-corrected chi connectivity index (χ0v) is 10.2. The maximum absolute atomic E-state index is 11.2. The van der Waals surface area contributed by atoms with Crippen molar-refractivity contribution in [1.29, 1.82) is 0 Å². The number of piperidine rings is 1. The molecular weight excluding hydrogens is 228 g/mol. The predicted molar refractivity (Wildman–Crippen MR) is 71.2 cm³/mol. The van der Waals surface area contributed by atoms with Gasteiger partial charge < -0.3 is 16.4 Å². The van der Waals surface area contributed by atoms with E-state index in [1.54, 1.807) is 0 Å². The van der Waals surface area contributed by atoms with Gasteiger partial charge in [-0.05, 0) is 25.0 Å². The third kappa shape index (κ3) is 3.00. The predicted octanol–water partition coefficient (Wildman–Crippen LogP) is 0.830. The van der Waals surface area contributed by atoms with Crippen LogP contribution in [-0.2, 0) is 4.79 Å². The van der Waals surface area contributed by atoms with Gasteiger partial charge in [-0.2, -0.15) is 0 Å². The summed E-state index contributed by atoms with van der Waals surface area (Å²) in [5.41, 5.74) is 12.1. The van der Waals surface area contributed by atoms with Gasteiger partial charge in [0, 0.05) is 13.1 Å². The Labute approximate surface area is 106 Å². The third-order valence-corrected chi connectivity index (χ3v) is 3.15. The minimum atomic E-state index is -0.257. The molecule has 5 heteroatoms. The average molecular weight is 246 g/mol. The fourth-order valence-corrected chi connectivity index (χ4v) is 2.12.